The van der Waals surface area contributed by atoms with E-state index >= 15 is 0 Å². The van der Waals surface area contributed by atoms with Crippen LogP contribution >= 0.6 is 0 Å². The van der Waals surface area contributed by atoms with Crippen molar-refractivity contribution in [1.29, 1.82) is 0 Å². The van der Waals surface area contributed by atoms with E-state index in [-0.39, 0.29) is 11.8 Å². The van der Waals surface area contributed by atoms with Gasteiger partial charge in [-0.05, 0) is 26.2 Å². The molecule has 0 aliphatic carbocycles. The highest BCUT2D eigenvalue weighted by atomic mass is 16.4. The average Bonchev–Trinajstić information content (AvgIpc) is 1.78. The van der Waals surface area contributed by atoms with Gasteiger partial charge in [0.2, 0.25) is 0 Å². The van der Waals surface area contributed by atoms with E-state index in [1.807, 2.05) is 20.8 Å². The summed E-state index contributed by atoms with van der Waals surface area (Å²) in [6.45, 7) is 10.7. The first kappa shape index (κ1) is 16.4. The van der Waals surface area contributed by atoms with Crippen LogP contribution in [0, 0.1) is 10.8 Å². The Morgan fingerprint density at radius 1 is 0.933 bits per heavy atom. The summed E-state index contributed by atoms with van der Waals surface area (Å²) in [5.74, 6) is -1.48. The van der Waals surface area contributed by atoms with Gasteiger partial charge in [0.25, 0.3) is 0 Å². The monoisotopic (exact) mass is 218 g/mol. The molecule has 0 fully saturated rings. The second-order valence-electron chi connectivity index (χ2n) is 5.69. The third-order valence-corrected chi connectivity index (χ3v) is 1.32. The van der Waals surface area contributed by atoms with Gasteiger partial charge in [-0.1, -0.05) is 20.8 Å². The second kappa shape index (κ2) is 5.73. The number of rotatable bonds is 1. The zero-order valence-corrected chi connectivity index (χ0v) is 10.4. The van der Waals surface area contributed by atoms with Gasteiger partial charge in [0, 0.05) is 0 Å². The Kier molecular flexibility index (Phi) is 6.26. The molecule has 0 saturated heterocycles. The van der Waals surface area contributed by atoms with Crippen LogP contribution in [-0.2, 0) is 9.59 Å². The minimum Gasteiger partial charge on any atom is -0.481 e. The fourth-order valence-electron chi connectivity index (χ4n) is 0.454. The summed E-state index contributed by atoms with van der Waals surface area (Å²) in [5.41, 5.74) is -0.661. The first-order valence-electron chi connectivity index (χ1n) is 4.81. The summed E-state index contributed by atoms with van der Waals surface area (Å²) in [6, 6.07) is 0. The SMILES string of the molecule is CC(C)(C)C(=O)O.CC(C)(C)CC(=O)O. The quantitative estimate of drug-likeness (QED) is 0.709. The predicted molar refractivity (Wildman–Crippen MR) is 58.8 cm³/mol. The lowest BCUT2D eigenvalue weighted by molar-refractivity contribution is -0.146. The number of aliphatic carboxylic acids is 2. The number of carbonyl (C=O) groups is 2. The molecule has 0 aromatic heterocycles. The standard InChI is InChI=1S/C6H12O2.C5H10O2/c1-6(2,3)4-5(7)8;1-5(2,3)4(6)7/h4H2,1-3H3,(H,7,8);1-3H3,(H,6,7). The summed E-state index contributed by atoms with van der Waals surface area (Å²) in [4.78, 5) is 20.0. The molecule has 2 N–H and O–H groups in total. The predicted octanol–water partition coefficient (Wildman–Crippen LogP) is 2.62. The first-order valence-corrected chi connectivity index (χ1v) is 4.81. The van der Waals surface area contributed by atoms with E-state index in [1.54, 1.807) is 20.8 Å². The summed E-state index contributed by atoms with van der Waals surface area (Å²) in [6.07, 6.45) is 0.243. The summed E-state index contributed by atoms with van der Waals surface area (Å²) in [5, 5.41) is 16.5. The van der Waals surface area contributed by atoms with E-state index < -0.39 is 17.4 Å². The lowest BCUT2D eigenvalue weighted by Gasteiger charge is -2.13. The molecule has 4 heteroatoms. The van der Waals surface area contributed by atoms with E-state index in [0.717, 1.165) is 0 Å². The molecule has 15 heavy (non-hydrogen) atoms. The van der Waals surface area contributed by atoms with E-state index in [4.69, 9.17) is 10.2 Å². The van der Waals surface area contributed by atoms with Gasteiger partial charge in [-0.15, -0.1) is 0 Å². The van der Waals surface area contributed by atoms with Crippen molar-refractivity contribution in [2.24, 2.45) is 10.8 Å². The molecule has 4 nitrogen and oxygen atoms in total. The fourth-order valence-corrected chi connectivity index (χ4v) is 0.454. The Hall–Kier alpha value is -1.06. The van der Waals surface area contributed by atoms with Crippen molar-refractivity contribution in [3.63, 3.8) is 0 Å². The fraction of sp³-hybridized carbons (Fsp3) is 0.818. The van der Waals surface area contributed by atoms with Gasteiger partial charge in [0.05, 0.1) is 11.8 Å². The zero-order valence-electron chi connectivity index (χ0n) is 10.4. The number of carboxylic acid groups (broad SMARTS) is 2. The zero-order chi connectivity index (χ0) is 12.9. The van der Waals surface area contributed by atoms with Crippen molar-refractivity contribution in [2.75, 3.05) is 0 Å². The molecule has 0 rings (SSSR count). The highest BCUT2D eigenvalue weighted by Crippen LogP contribution is 2.17. The first-order chi connectivity index (χ1) is 6.36. The molecule has 0 aliphatic rings. The van der Waals surface area contributed by atoms with Crippen LogP contribution in [0.3, 0.4) is 0 Å². The number of hydrogen-bond acceptors (Lipinski definition) is 2. The second-order valence-corrected chi connectivity index (χ2v) is 5.69. The molecule has 90 valence electrons. The highest BCUT2D eigenvalue weighted by molar-refractivity contribution is 5.72. The smallest absolute Gasteiger partial charge is 0.308 e. The molecule has 0 atom stereocenters. The Morgan fingerprint density at radius 2 is 1.20 bits per heavy atom. The van der Waals surface area contributed by atoms with Crippen molar-refractivity contribution in [3.05, 3.63) is 0 Å². The maximum absolute atomic E-state index is 10.0. The number of carboxylic acids is 2. The van der Waals surface area contributed by atoms with Crippen molar-refractivity contribution in [1.82, 2.24) is 0 Å². The third-order valence-electron chi connectivity index (χ3n) is 1.32. The van der Waals surface area contributed by atoms with Gasteiger partial charge in [-0.2, -0.15) is 0 Å². The molecule has 0 aliphatic heterocycles. The normalized spacial score (nSPS) is 11.3. The molecule has 0 aromatic rings. The Bertz CT molecular complexity index is 218. The third kappa shape index (κ3) is 15.7. The summed E-state index contributed by atoms with van der Waals surface area (Å²) in [7, 11) is 0. The van der Waals surface area contributed by atoms with Crippen molar-refractivity contribution in [2.45, 2.75) is 48.0 Å². The van der Waals surface area contributed by atoms with Crippen LogP contribution in [-0.4, -0.2) is 22.2 Å². The van der Waals surface area contributed by atoms with E-state index in [2.05, 4.69) is 0 Å². The van der Waals surface area contributed by atoms with Gasteiger partial charge in [0.1, 0.15) is 0 Å². The van der Waals surface area contributed by atoms with Crippen LogP contribution in [0.25, 0.3) is 0 Å². The van der Waals surface area contributed by atoms with Crippen LogP contribution in [0.15, 0.2) is 0 Å². The summed E-state index contributed by atoms with van der Waals surface area (Å²) < 4.78 is 0. The van der Waals surface area contributed by atoms with Gasteiger partial charge < -0.3 is 10.2 Å². The van der Waals surface area contributed by atoms with E-state index in [9.17, 15) is 9.59 Å². The molecule has 0 unspecified atom stereocenters. The Morgan fingerprint density at radius 3 is 1.20 bits per heavy atom. The van der Waals surface area contributed by atoms with Crippen molar-refractivity contribution in [3.8, 4) is 0 Å². The maximum atomic E-state index is 10.0. The van der Waals surface area contributed by atoms with Crippen LogP contribution in [0.1, 0.15) is 48.0 Å². The summed E-state index contributed by atoms with van der Waals surface area (Å²) >= 11 is 0. The molecular formula is C11H22O4. The lowest BCUT2D eigenvalue weighted by atomic mass is 9.93. The average molecular weight is 218 g/mol. The van der Waals surface area contributed by atoms with Crippen molar-refractivity contribution < 1.29 is 19.8 Å². The minimum absolute atomic E-state index is 0.0775. The van der Waals surface area contributed by atoms with Crippen LogP contribution in [0.5, 0.6) is 0 Å². The molecule has 0 bridgehead atoms. The molecule has 0 spiro atoms. The topological polar surface area (TPSA) is 74.6 Å². The molecule has 0 saturated carbocycles. The van der Waals surface area contributed by atoms with Crippen LogP contribution in [0.4, 0.5) is 0 Å². The van der Waals surface area contributed by atoms with Gasteiger partial charge in [-0.25, -0.2) is 0 Å². The van der Waals surface area contributed by atoms with Gasteiger partial charge >= 0.3 is 11.9 Å². The Balaban J connectivity index is 0. The largest absolute Gasteiger partial charge is 0.481 e. The van der Waals surface area contributed by atoms with E-state index in [0.29, 0.717) is 0 Å². The maximum Gasteiger partial charge on any atom is 0.308 e. The van der Waals surface area contributed by atoms with Crippen LogP contribution < -0.4 is 0 Å². The molecular weight excluding hydrogens is 196 g/mol. The lowest BCUT2D eigenvalue weighted by Crippen LogP contribution is -2.18. The molecule has 0 radical (unpaired) electrons. The Labute approximate surface area is 91.3 Å². The van der Waals surface area contributed by atoms with Gasteiger partial charge in [0.15, 0.2) is 0 Å². The molecule has 0 heterocycles. The molecule has 0 amide bonds. The van der Waals surface area contributed by atoms with Gasteiger partial charge in [-0.3, -0.25) is 9.59 Å². The van der Waals surface area contributed by atoms with Crippen molar-refractivity contribution >= 4 is 11.9 Å². The van der Waals surface area contributed by atoms with E-state index in [1.165, 1.54) is 0 Å². The number of hydrogen-bond donors (Lipinski definition) is 2. The molecule has 0 aromatic carbocycles. The van der Waals surface area contributed by atoms with Crippen LogP contribution in [0.2, 0.25) is 0 Å². The minimum atomic E-state index is -0.757. The highest BCUT2D eigenvalue weighted by Gasteiger charge is 2.18.